The first-order chi connectivity index (χ1) is 13.0. The fourth-order valence-corrected chi connectivity index (χ4v) is 4.86. The molecule has 1 saturated heterocycles. The van der Waals surface area contributed by atoms with Gasteiger partial charge in [0.25, 0.3) is 0 Å². The molecule has 0 bridgehead atoms. The number of hydrogen-bond donors (Lipinski definition) is 1. The topological polar surface area (TPSA) is 59.0 Å². The summed E-state index contributed by atoms with van der Waals surface area (Å²) in [6.45, 7) is 3.20. The minimum absolute atomic E-state index is 0.187. The van der Waals surface area contributed by atoms with Gasteiger partial charge in [0.15, 0.2) is 11.5 Å². The van der Waals surface area contributed by atoms with Crippen LogP contribution in [0.5, 0.6) is 11.5 Å². The van der Waals surface area contributed by atoms with Crippen LogP contribution in [0.25, 0.3) is 0 Å². The number of carboxylic acids is 1. The van der Waals surface area contributed by atoms with Crippen molar-refractivity contribution in [3.8, 4) is 11.5 Å². The van der Waals surface area contributed by atoms with Crippen molar-refractivity contribution in [2.24, 2.45) is 0 Å². The highest BCUT2D eigenvalue weighted by molar-refractivity contribution is 7.16. The van der Waals surface area contributed by atoms with Crippen LogP contribution in [0.1, 0.15) is 42.7 Å². The first-order valence-electron chi connectivity index (χ1n) is 9.09. The molecule has 0 radical (unpaired) electrons. The van der Waals surface area contributed by atoms with E-state index in [0.717, 1.165) is 29.8 Å². The van der Waals surface area contributed by atoms with Crippen LogP contribution >= 0.6 is 22.9 Å². The third-order valence-electron chi connectivity index (χ3n) is 4.83. The molecular formula is C20H24ClNO4S. The molecule has 146 valence electrons. The number of carbonyl (C=O) groups is 1. The second-order valence-corrected chi connectivity index (χ2v) is 8.22. The van der Waals surface area contributed by atoms with Gasteiger partial charge >= 0.3 is 5.97 Å². The van der Waals surface area contributed by atoms with Gasteiger partial charge in [0.2, 0.25) is 0 Å². The molecule has 1 aromatic heterocycles. The molecule has 0 amide bonds. The number of hydrogen-bond acceptors (Lipinski definition) is 5. The third kappa shape index (κ3) is 4.39. The first-order valence-corrected chi connectivity index (χ1v) is 10.3. The monoisotopic (exact) mass is 409 g/mol. The number of aliphatic carboxylic acids is 1. The zero-order chi connectivity index (χ0) is 19.4. The van der Waals surface area contributed by atoms with Gasteiger partial charge < -0.3 is 14.6 Å². The van der Waals surface area contributed by atoms with Gasteiger partial charge in [-0.05, 0) is 56.1 Å². The molecule has 1 aromatic carbocycles. The number of methoxy groups -OCH3 is 1. The van der Waals surface area contributed by atoms with Crippen LogP contribution in [-0.2, 0) is 4.79 Å². The fourth-order valence-electron chi connectivity index (χ4n) is 3.65. The highest BCUT2D eigenvalue weighted by Crippen LogP contribution is 2.41. The molecule has 0 saturated carbocycles. The van der Waals surface area contributed by atoms with Crippen molar-refractivity contribution in [2.75, 3.05) is 20.3 Å². The standard InChI is InChI=1S/C20H24ClNO4S/c1-3-26-15-8-7-13(12-16(15)25-2)19(17-9-10-18(21)27-17)22-11-5-4-6-14(22)20(23)24/h7-10,12,14,19H,3-6,11H2,1-2H3,(H,23,24). The van der Waals surface area contributed by atoms with Crippen LogP contribution in [-0.4, -0.2) is 42.3 Å². The number of piperidine rings is 1. The molecule has 2 aromatic rings. The van der Waals surface area contributed by atoms with Gasteiger partial charge in [-0.2, -0.15) is 0 Å². The lowest BCUT2D eigenvalue weighted by atomic mass is 9.95. The molecule has 0 aliphatic carbocycles. The molecule has 1 fully saturated rings. The van der Waals surface area contributed by atoms with Crippen molar-refractivity contribution in [1.82, 2.24) is 4.90 Å². The number of halogens is 1. The summed E-state index contributed by atoms with van der Waals surface area (Å²) in [4.78, 5) is 15.0. The fraction of sp³-hybridized carbons (Fsp3) is 0.450. The van der Waals surface area contributed by atoms with Gasteiger partial charge in [0.1, 0.15) is 6.04 Å². The summed E-state index contributed by atoms with van der Waals surface area (Å²) >= 11 is 7.68. The summed E-state index contributed by atoms with van der Waals surface area (Å²) in [5.41, 5.74) is 0.974. The first kappa shape index (κ1) is 20.0. The minimum atomic E-state index is -0.778. The third-order valence-corrected chi connectivity index (χ3v) is 6.11. The van der Waals surface area contributed by atoms with Crippen molar-refractivity contribution in [2.45, 2.75) is 38.3 Å². The van der Waals surface area contributed by atoms with E-state index in [1.54, 1.807) is 7.11 Å². The Bertz CT molecular complexity index is 794. The summed E-state index contributed by atoms with van der Waals surface area (Å²) in [5.74, 6) is 0.547. The molecular weight excluding hydrogens is 386 g/mol. The average Bonchev–Trinajstić information content (AvgIpc) is 3.09. The minimum Gasteiger partial charge on any atom is -0.493 e. The van der Waals surface area contributed by atoms with Crippen LogP contribution in [0, 0.1) is 0 Å². The second kappa shape index (κ2) is 8.95. The van der Waals surface area contributed by atoms with Crippen LogP contribution in [0.4, 0.5) is 0 Å². The Balaban J connectivity index is 2.06. The van der Waals surface area contributed by atoms with E-state index in [0.29, 0.717) is 28.9 Å². The summed E-state index contributed by atoms with van der Waals surface area (Å²) in [6.07, 6.45) is 2.56. The number of nitrogens with zero attached hydrogens (tertiary/aromatic N) is 1. The summed E-state index contributed by atoms with van der Waals surface area (Å²) in [6, 6.07) is 8.96. The second-order valence-electron chi connectivity index (χ2n) is 6.48. The van der Waals surface area contributed by atoms with Crippen molar-refractivity contribution >= 4 is 28.9 Å². The van der Waals surface area contributed by atoms with Gasteiger partial charge in [-0.25, -0.2) is 0 Å². The summed E-state index contributed by atoms with van der Waals surface area (Å²) in [5, 5.41) is 9.76. The smallest absolute Gasteiger partial charge is 0.320 e. The van der Waals surface area contributed by atoms with Crippen LogP contribution < -0.4 is 9.47 Å². The van der Waals surface area contributed by atoms with E-state index in [4.69, 9.17) is 21.1 Å². The molecule has 27 heavy (non-hydrogen) atoms. The number of thiophene rings is 1. The maximum atomic E-state index is 11.9. The zero-order valence-corrected chi connectivity index (χ0v) is 17.1. The average molecular weight is 410 g/mol. The van der Waals surface area contributed by atoms with E-state index < -0.39 is 12.0 Å². The number of ether oxygens (including phenoxy) is 2. The SMILES string of the molecule is CCOc1ccc(C(c2ccc(Cl)s2)N2CCCCC2C(=O)O)cc1OC. The maximum absolute atomic E-state index is 11.9. The molecule has 1 N–H and O–H groups in total. The zero-order valence-electron chi connectivity index (χ0n) is 15.5. The largest absolute Gasteiger partial charge is 0.493 e. The molecule has 7 heteroatoms. The van der Waals surface area contributed by atoms with E-state index in [9.17, 15) is 9.90 Å². The van der Waals surface area contributed by atoms with Gasteiger partial charge in [-0.1, -0.05) is 24.1 Å². The number of rotatable bonds is 7. The molecule has 2 unspecified atom stereocenters. The Morgan fingerprint density at radius 2 is 2.15 bits per heavy atom. The van der Waals surface area contributed by atoms with Gasteiger partial charge in [0.05, 0.1) is 24.1 Å². The number of benzene rings is 1. The molecule has 1 aliphatic rings. The predicted octanol–water partition coefficient (Wildman–Crippen LogP) is 4.84. The number of carboxylic acid groups (broad SMARTS) is 1. The Morgan fingerprint density at radius 3 is 2.78 bits per heavy atom. The van der Waals surface area contributed by atoms with E-state index >= 15 is 0 Å². The summed E-state index contributed by atoms with van der Waals surface area (Å²) < 4.78 is 11.8. The van der Waals surface area contributed by atoms with Crippen molar-refractivity contribution < 1.29 is 19.4 Å². The Labute approximate surface area is 168 Å². The normalized spacial score (nSPS) is 18.9. The molecule has 2 heterocycles. The Kier molecular flexibility index (Phi) is 6.63. The molecule has 0 spiro atoms. The molecule has 3 rings (SSSR count). The van der Waals surface area contributed by atoms with Gasteiger partial charge in [-0.3, -0.25) is 9.69 Å². The van der Waals surface area contributed by atoms with Crippen LogP contribution in [0.2, 0.25) is 4.34 Å². The highest BCUT2D eigenvalue weighted by Gasteiger charge is 2.36. The quantitative estimate of drug-likeness (QED) is 0.709. The maximum Gasteiger partial charge on any atom is 0.320 e. The summed E-state index contributed by atoms with van der Waals surface area (Å²) in [7, 11) is 1.61. The van der Waals surface area contributed by atoms with Crippen LogP contribution in [0.3, 0.4) is 0 Å². The van der Waals surface area contributed by atoms with Gasteiger partial charge in [0, 0.05) is 4.88 Å². The highest BCUT2D eigenvalue weighted by atomic mass is 35.5. The van der Waals surface area contributed by atoms with Crippen LogP contribution in [0.15, 0.2) is 30.3 Å². The molecule has 2 atom stereocenters. The van der Waals surface area contributed by atoms with E-state index in [1.165, 1.54) is 11.3 Å². The van der Waals surface area contributed by atoms with Crippen molar-refractivity contribution in [3.63, 3.8) is 0 Å². The van der Waals surface area contributed by atoms with E-state index in [2.05, 4.69) is 4.90 Å². The Morgan fingerprint density at radius 1 is 1.33 bits per heavy atom. The molecule has 5 nitrogen and oxygen atoms in total. The van der Waals surface area contributed by atoms with Gasteiger partial charge in [-0.15, -0.1) is 11.3 Å². The van der Waals surface area contributed by atoms with E-state index in [1.807, 2.05) is 37.3 Å². The number of likely N-dealkylation sites (tertiary alicyclic amines) is 1. The lowest BCUT2D eigenvalue weighted by Crippen LogP contribution is -2.46. The van der Waals surface area contributed by atoms with E-state index in [-0.39, 0.29) is 6.04 Å². The lowest BCUT2D eigenvalue weighted by Gasteiger charge is -2.39. The Hall–Kier alpha value is -1.76. The van der Waals surface area contributed by atoms with Crippen molar-refractivity contribution in [3.05, 3.63) is 45.1 Å². The van der Waals surface area contributed by atoms with Crippen molar-refractivity contribution in [1.29, 1.82) is 0 Å². The molecule has 1 aliphatic heterocycles. The lowest BCUT2D eigenvalue weighted by molar-refractivity contribution is -0.145. The predicted molar refractivity (Wildman–Crippen MR) is 107 cm³/mol.